The molecule has 0 fully saturated rings. The largest absolute Gasteiger partial charge is 0.328 e. The van der Waals surface area contributed by atoms with Crippen molar-refractivity contribution < 1.29 is 8.78 Å². The molecule has 0 saturated carbocycles. The Kier molecular flexibility index (Phi) is 3.72. The fraction of sp³-hybridized carbons (Fsp3) is 0.200. The Bertz CT molecular complexity index is 550. The molecule has 1 nitrogen and oxygen atoms in total. The predicted molar refractivity (Wildman–Crippen MR) is 69.1 cm³/mol. The highest BCUT2D eigenvalue weighted by Gasteiger charge is 2.10. The third kappa shape index (κ3) is 2.74. The van der Waals surface area contributed by atoms with Gasteiger partial charge in [-0.15, -0.1) is 0 Å². The van der Waals surface area contributed by atoms with Gasteiger partial charge in [-0.1, -0.05) is 24.3 Å². The molecule has 0 radical (unpaired) electrons. The van der Waals surface area contributed by atoms with Crippen LogP contribution >= 0.6 is 0 Å². The summed E-state index contributed by atoms with van der Waals surface area (Å²) in [5, 5.41) is 0. The average Bonchev–Trinajstić information content (AvgIpc) is 2.32. The van der Waals surface area contributed by atoms with E-state index < -0.39 is 11.6 Å². The summed E-state index contributed by atoms with van der Waals surface area (Å²) in [6.45, 7) is 1.88. The third-order valence-electron chi connectivity index (χ3n) is 2.75. The van der Waals surface area contributed by atoms with E-state index in [1.807, 2.05) is 6.92 Å². The molecule has 2 N–H and O–H groups in total. The van der Waals surface area contributed by atoms with Crippen LogP contribution in [0, 0.1) is 11.6 Å². The summed E-state index contributed by atoms with van der Waals surface area (Å²) in [6.07, 6.45) is 0.641. The smallest absolute Gasteiger partial charge is 0.131 e. The zero-order valence-electron chi connectivity index (χ0n) is 10.2. The highest BCUT2D eigenvalue weighted by atomic mass is 19.1. The molecule has 1 unspecified atom stereocenters. The molecule has 0 amide bonds. The molecule has 1 atom stereocenters. The maximum atomic E-state index is 13.8. The Morgan fingerprint density at radius 1 is 1.00 bits per heavy atom. The summed E-state index contributed by atoms with van der Waals surface area (Å²) in [7, 11) is 0. The molecule has 0 bridgehead atoms. The third-order valence-corrected chi connectivity index (χ3v) is 2.75. The molecule has 0 heterocycles. The van der Waals surface area contributed by atoms with Gasteiger partial charge in [0, 0.05) is 17.2 Å². The Labute approximate surface area is 105 Å². The average molecular weight is 247 g/mol. The number of halogens is 2. The van der Waals surface area contributed by atoms with Gasteiger partial charge < -0.3 is 5.73 Å². The Morgan fingerprint density at radius 3 is 2.33 bits per heavy atom. The first kappa shape index (κ1) is 12.7. The lowest BCUT2D eigenvalue weighted by Gasteiger charge is -2.09. The number of benzene rings is 2. The van der Waals surface area contributed by atoms with Crippen LogP contribution < -0.4 is 5.73 Å². The summed E-state index contributed by atoms with van der Waals surface area (Å²) in [6, 6.07) is 10.9. The second kappa shape index (κ2) is 5.27. The van der Waals surface area contributed by atoms with Crippen LogP contribution in [0.3, 0.4) is 0 Å². The van der Waals surface area contributed by atoms with E-state index >= 15 is 0 Å². The van der Waals surface area contributed by atoms with E-state index in [0.29, 0.717) is 6.42 Å². The SMILES string of the molecule is CC(N)Cc1ccc(F)c(-c2ccccc2F)c1. The first-order valence-corrected chi connectivity index (χ1v) is 5.87. The molecule has 0 aliphatic rings. The number of hydrogen-bond acceptors (Lipinski definition) is 1. The van der Waals surface area contributed by atoms with E-state index in [4.69, 9.17) is 5.73 Å². The van der Waals surface area contributed by atoms with Crippen molar-refractivity contribution >= 4 is 0 Å². The van der Waals surface area contributed by atoms with Crippen LogP contribution in [0.4, 0.5) is 8.78 Å². The van der Waals surface area contributed by atoms with Gasteiger partial charge in [-0.25, -0.2) is 8.78 Å². The van der Waals surface area contributed by atoms with Gasteiger partial charge in [-0.2, -0.15) is 0 Å². The van der Waals surface area contributed by atoms with E-state index in [9.17, 15) is 8.78 Å². The van der Waals surface area contributed by atoms with E-state index in [1.165, 1.54) is 12.1 Å². The van der Waals surface area contributed by atoms with Gasteiger partial charge in [0.05, 0.1) is 0 Å². The van der Waals surface area contributed by atoms with Crippen molar-refractivity contribution in [2.24, 2.45) is 5.73 Å². The number of rotatable bonds is 3. The van der Waals surface area contributed by atoms with Crippen molar-refractivity contribution in [3.05, 3.63) is 59.7 Å². The van der Waals surface area contributed by atoms with Crippen LogP contribution in [0.1, 0.15) is 12.5 Å². The lowest BCUT2D eigenvalue weighted by atomic mass is 9.99. The maximum absolute atomic E-state index is 13.8. The van der Waals surface area contributed by atoms with Crippen molar-refractivity contribution in [1.82, 2.24) is 0 Å². The second-order valence-electron chi connectivity index (χ2n) is 4.48. The minimum atomic E-state index is -0.423. The summed E-state index contributed by atoms with van der Waals surface area (Å²) in [5.41, 5.74) is 7.18. The summed E-state index contributed by atoms with van der Waals surface area (Å²) in [5.74, 6) is -0.845. The first-order valence-electron chi connectivity index (χ1n) is 5.87. The van der Waals surface area contributed by atoms with Crippen molar-refractivity contribution in [1.29, 1.82) is 0 Å². The molecule has 0 aliphatic heterocycles. The van der Waals surface area contributed by atoms with Crippen molar-refractivity contribution in [3.8, 4) is 11.1 Å². The van der Waals surface area contributed by atoms with Gasteiger partial charge in [0.15, 0.2) is 0 Å². The summed E-state index contributed by atoms with van der Waals surface area (Å²) < 4.78 is 27.4. The molecule has 2 aromatic rings. The second-order valence-corrected chi connectivity index (χ2v) is 4.48. The van der Waals surface area contributed by atoms with Crippen LogP contribution in [0.25, 0.3) is 11.1 Å². The van der Waals surface area contributed by atoms with Crippen LogP contribution in [-0.4, -0.2) is 6.04 Å². The van der Waals surface area contributed by atoms with Crippen LogP contribution in [-0.2, 0) is 6.42 Å². The lowest BCUT2D eigenvalue weighted by molar-refractivity contribution is 0.615. The zero-order chi connectivity index (χ0) is 13.1. The first-order chi connectivity index (χ1) is 8.58. The Balaban J connectivity index is 2.47. The number of nitrogens with two attached hydrogens (primary N) is 1. The molecule has 2 rings (SSSR count). The van der Waals surface area contributed by atoms with E-state index in [0.717, 1.165) is 5.56 Å². The van der Waals surface area contributed by atoms with Crippen LogP contribution in [0.2, 0.25) is 0 Å². The highest BCUT2D eigenvalue weighted by molar-refractivity contribution is 5.65. The normalized spacial score (nSPS) is 12.4. The fourth-order valence-corrected chi connectivity index (χ4v) is 1.96. The van der Waals surface area contributed by atoms with Gasteiger partial charge in [0.25, 0.3) is 0 Å². The van der Waals surface area contributed by atoms with E-state index in [1.54, 1.807) is 30.3 Å². The fourth-order valence-electron chi connectivity index (χ4n) is 1.96. The van der Waals surface area contributed by atoms with Gasteiger partial charge in [0.1, 0.15) is 11.6 Å². The number of hydrogen-bond donors (Lipinski definition) is 1. The minimum absolute atomic E-state index is 0.0102. The molecule has 0 aliphatic carbocycles. The van der Waals surface area contributed by atoms with Crippen molar-refractivity contribution in [2.75, 3.05) is 0 Å². The van der Waals surface area contributed by atoms with Crippen molar-refractivity contribution in [2.45, 2.75) is 19.4 Å². The van der Waals surface area contributed by atoms with Gasteiger partial charge in [-0.3, -0.25) is 0 Å². The quantitative estimate of drug-likeness (QED) is 0.882. The molecule has 0 spiro atoms. The molecule has 18 heavy (non-hydrogen) atoms. The van der Waals surface area contributed by atoms with E-state index in [2.05, 4.69) is 0 Å². The van der Waals surface area contributed by atoms with Gasteiger partial charge in [0.2, 0.25) is 0 Å². The molecule has 2 aromatic carbocycles. The van der Waals surface area contributed by atoms with Gasteiger partial charge in [-0.05, 0) is 37.1 Å². The van der Waals surface area contributed by atoms with E-state index in [-0.39, 0.29) is 17.2 Å². The summed E-state index contributed by atoms with van der Waals surface area (Å²) in [4.78, 5) is 0. The molecule has 94 valence electrons. The lowest BCUT2D eigenvalue weighted by Crippen LogP contribution is -2.17. The van der Waals surface area contributed by atoms with Crippen molar-refractivity contribution in [3.63, 3.8) is 0 Å². The Morgan fingerprint density at radius 2 is 1.67 bits per heavy atom. The van der Waals surface area contributed by atoms with Crippen LogP contribution in [0.5, 0.6) is 0 Å². The highest BCUT2D eigenvalue weighted by Crippen LogP contribution is 2.26. The molecule has 0 saturated heterocycles. The monoisotopic (exact) mass is 247 g/mol. The molecular formula is C15H15F2N. The topological polar surface area (TPSA) is 26.0 Å². The van der Waals surface area contributed by atoms with Gasteiger partial charge >= 0.3 is 0 Å². The molecule has 0 aromatic heterocycles. The summed E-state index contributed by atoms with van der Waals surface area (Å²) >= 11 is 0. The molecular weight excluding hydrogens is 232 g/mol. The zero-order valence-corrected chi connectivity index (χ0v) is 10.2. The predicted octanol–water partition coefficient (Wildman–Crippen LogP) is 3.52. The Hall–Kier alpha value is -1.74. The minimum Gasteiger partial charge on any atom is -0.328 e. The molecule has 3 heteroatoms. The van der Waals surface area contributed by atoms with Crippen LogP contribution in [0.15, 0.2) is 42.5 Å². The standard InChI is InChI=1S/C15H15F2N/c1-10(18)8-11-6-7-15(17)13(9-11)12-4-2-3-5-14(12)16/h2-7,9-10H,8,18H2,1H3. The maximum Gasteiger partial charge on any atom is 0.131 e.